The second-order valence-electron chi connectivity index (χ2n) is 15.5. The van der Waals surface area contributed by atoms with Gasteiger partial charge in [0.25, 0.3) is 10.0 Å². The third-order valence-electron chi connectivity index (χ3n) is 11.3. The number of sulfonamides is 1. The minimum absolute atomic E-state index is 0.143. The van der Waals surface area contributed by atoms with Gasteiger partial charge in [-0.3, -0.25) is 18.8 Å². The largest absolute Gasteiger partial charge is 0.459 e. The molecule has 2 saturated carbocycles. The molecule has 0 radical (unpaired) electrons. The maximum absolute atomic E-state index is 14.7. The molecule has 9 nitrogen and oxygen atoms in total. The summed E-state index contributed by atoms with van der Waals surface area (Å²) in [4.78, 5) is 43.2. The van der Waals surface area contributed by atoms with Crippen molar-refractivity contribution in [1.29, 1.82) is 0 Å². The fraction of sp³-hybridized carbons (Fsp3) is 0.583. The minimum Gasteiger partial charge on any atom is -0.459 e. The molecule has 2 aliphatic carbocycles. The number of hydrogen-bond donors (Lipinski definition) is 0. The van der Waals surface area contributed by atoms with Gasteiger partial charge in [-0.25, -0.2) is 13.2 Å². The first-order valence-corrected chi connectivity index (χ1v) is 17.7. The number of rotatable bonds is 7. The van der Waals surface area contributed by atoms with Crippen LogP contribution in [-0.4, -0.2) is 66.9 Å². The van der Waals surface area contributed by atoms with E-state index in [0.29, 0.717) is 18.7 Å². The van der Waals surface area contributed by atoms with E-state index >= 15 is 0 Å². The van der Waals surface area contributed by atoms with E-state index in [1.54, 1.807) is 56.0 Å². The lowest BCUT2D eigenvalue weighted by atomic mass is 9.70. The standard InChI is InChI=1S/C36H46N2O7S/c1-22-19-23(2)21-24(20-22)38(46(42,43)25-13-10-9-11-14-25)28-26-16-17-35(8,34(26,6)7)30(28)44-32(41)36-27(39)15-12-18-37(36)29(36)31(40)45-33(3,4)5/h9-11,13-14,19-21,26,28-30H,12,15-18H2,1-8H3/t26-,28-,29?,30-,35+,36?,37?/m1/s1. The Kier molecular flexibility index (Phi) is 7.56. The summed E-state index contributed by atoms with van der Waals surface area (Å²) in [5, 5.41) is 0. The molecule has 3 unspecified atom stereocenters. The van der Waals surface area contributed by atoms with E-state index in [-0.39, 0.29) is 23.0 Å². The maximum atomic E-state index is 14.7. The summed E-state index contributed by atoms with van der Waals surface area (Å²) in [7, 11) is -4.13. The topological polar surface area (TPSA) is 110 Å². The summed E-state index contributed by atoms with van der Waals surface area (Å²) in [6.07, 6.45) is 1.29. The number of carbonyl (C=O) groups is 3. The van der Waals surface area contributed by atoms with Crippen LogP contribution >= 0.6 is 0 Å². The smallest absolute Gasteiger partial charge is 0.337 e. The van der Waals surface area contributed by atoms with E-state index < -0.39 is 62.1 Å². The lowest BCUT2D eigenvalue weighted by molar-refractivity contribution is -0.167. The molecule has 2 aromatic rings. The van der Waals surface area contributed by atoms with Crippen LogP contribution < -0.4 is 4.31 Å². The first kappa shape index (κ1) is 32.7. The van der Waals surface area contributed by atoms with E-state index in [9.17, 15) is 22.8 Å². The number of carbonyl (C=O) groups excluding carboxylic acids is 3. The Hall–Kier alpha value is -3.24. The predicted octanol–water partition coefficient (Wildman–Crippen LogP) is 5.36. The Morgan fingerprint density at radius 1 is 1.00 bits per heavy atom. The zero-order valence-corrected chi connectivity index (χ0v) is 28.9. The molecule has 4 fully saturated rings. The number of ether oxygens (including phenoxy) is 2. The molecule has 0 spiro atoms. The number of ketones is 1. The summed E-state index contributed by atoms with van der Waals surface area (Å²) in [6.45, 7) is 15.8. The van der Waals surface area contributed by atoms with Crippen molar-refractivity contribution in [3.63, 3.8) is 0 Å². The zero-order valence-electron chi connectivity index (χ0n) is 28.1. The fourth-order valence-corrected chi connectivity index (χ4v) is 10.5. The van der Waals surface area contributed by atoms with Crippen LogP contribution in [0.4, 0.5) is 5.69 Å². The molecule has 2 saturated heterocycles. The van der Waals surface area contributed by atoms with Gasteiger partial charge in [0.05, 0.1) is 16.6 Å². The van der Waals surface area contributed by atoms with E-state index in [1.165, 1.54) is 4.31 Å². The Morgan fingerprint density at radius 3 is 2.24 bits per heavy atom. The number of benzene rings is 2. The van der Waals surface area contributed by atoms with Crippen molar-refractivity contribution < 1.29 is 32.3 Å². The molecule has 2 heterocycles. The lowest BCUT2D eigenvalue weighted by Crippen LogP contribution is -2.56. The molecule has 248 valence electrons. The van der Waals surface area contributed by atoms with Crippen LogP contribution in [0.15, 0.2) is 53.4 Å². The van der Waals surface area contributed by atoms with Gasteiger partial charge in [0.2, 0.25) is 5.54 Å². The monoisotopic (exact) mass is 650 g/mol. The molecule has 2 bridgehead atoms. The van der Waals surface area contributed by atoms with E-state index in [0.717, 1.165) is 24.0 Å². The van der Waals surface area contributed by atoms with Crippen LogP contribution in [0.1, 0.15) is 78.4 Å². The Labute approximate surface area is 272 Å². The molecular weight excluding hydrogens is 604 g/mol. The molecule has 10 heteroatoms. The maximum Gasteiger partial charge on any atom is 0.337 e. The second-order valence-corrected chi connectivity index (χ2v) is 17.3. The first-order chi connectivity index (χ1) is 21.4. The van der Waals surface area contributed by atoms with Crippen LogP contribution in [0.3, 0.4) is 0 Å². The normalized spacial score (nSPS) is 32.9. The van der Waals surface area contributed by atoms with Crippen molar-refractivity contribution in [1.82, 2.24) is 4.90 Å². The number of fused-ring (bicyclic) bond motifs is 3. The number of piperidine rings is 1. The predicted molar refractivity (Wildman–Crippen MR) is 174 cm³/mol. The van der Waals surface area contributed by atoms with Gasteiger partial charge in [0.1, 0.15) is 17.7 Å². The Morgan fingerprint density at radius 2 is 1.63 bits per heavy atom. The number of anilines is 1. The van der Waals surface area contributed by atoms with Crippen molar-refractivity contribution in [2.24, 2.45) is 16.7 Å². The Bertz CT molecular complexity index is 1680. The van der Waals surface area contributed by atoms with Gasteiger partial charge in [-0.2, -0.15) is 0 Å². The fourth-order valence-electron chi connectivity index (χ4n) is 8.76. The van der Waals surface area contributed by atoms with E-state index in [1.807, 2.05) is 32.0 Å². The quantitative estimate of drug-likeness (QED) is 0.224. The highest BCUT2D eigenvalue weighted by atomic mass is 32.2. The van der Waals surface area contributed by atoms with Crippen LogP contribution in [0.25, 0.3) is 0 Å². The zero-order chi connectivity index (χ0) is 33.6. The van der Waals surface area contributed by atoms with Crippen molar-refractivity contribution in [2.75, 3.05) is 10.8 Å². The van der Waals surface area contributed by atoms with Gasteiger partial charge >= 0.3 is 11.9 Å². The van der Waals surface area contributed by atoms with Gasteiger partial charge in [0.15, 0.2) is 5.78 Å². The van der Waals surface area contributed by atoms with Crippen molar-refractivity contribution in [3.05, 3.63) is 59.7 Å². The second kappa shape index (κ2) is 10.6. The number of aryl methyl sites for hydroxylation is 2. The minimum atomic E-state index is -4.13. The van der Waals surface area contributed by atoms with Gasteiger partial charge < -0.3 is 9.47 Å². The molecule has 4 aliphatic rings. The highest BCUT2D eigenvalue weighted by Gasteiger charge is 2.79. The number of hydrogen-bond acceptors (Lipinski definition) is 8. The Balaban J connectivity index is 1.47. The average Bonchev–Trinajstić information content (AvgIpc) is 3.56. The molecule has 2 aliphatic heterocycles. The molecule has 0 N–H and O–H groups in total. The number of esters is 2. The average molecular weight is 651 g/mol. The van der Waals surface area contributed by atoms with Crippen LogP contribution in [-0.2, 0) is 33.9 Å². The van der Waals surface area contributed by atoms with Gasteiger partial charge in [-0.05, 0) is 101 Å². The van der Waals surface area contributed by atoms with Gasteiger partial charge in [-0.15, -0.1) is 0 Å². The molecule has 46 heavy (non-hydrogen) atoms. The third-order valence-corrected chi connectivity index (χ3v) is 13.1. The SMILES string of the molecule is Cc1cc(C)cc(N([C@@H]2[C@H]3CC[C@@](C)([C@@H]2OC(=O)C24C(=O)CCCN2C4C(=O)OC(C)(C)C)C3(C)C)S(=O)(=O)c2ccccc2)c1. The summed E-state index contributed by atoms with van der Waals surface area (Å²) < 4.78 is 43.1. The van der Waals surface area contributed by atoms with Gasteiger partial charge in [0, 0.05) is 18.4 Å². The summed E-state index contributed by atoms with van der Waals surface area (Å²) in [5.74, 6) is -1.91. The molecular formula is C36H46N2O7S. The number of nitrogens with zero attached hydrogens (tertiary/aromatic N) is 2. The van der Waals surface area contributed by atoms with Crippen LogP contribution in [0.2, 0.25) is 0 Å². The lowest BCUT2D eigenvalue weighted by Gasteiger charge is -2.43. The van der Waals surface area contributed by atoms with Gasteiger partial charge in [-0.1, -0.05) is 45.0 Å². The highest BCUT2D eigenvalue weighted by Crippen LogP contribution is 2.68. The molecule has 6 rings (SSSR count). The summed E-state index contributed by atoms with van der Waals surface area (Å²) in [6, 6.07) is 12.2. The highest BCUT2D eigenvalue weighted by molar-refractivity contribution is 7.92. The third kappa shape index (κ3) is 4.73. The molecule has 7 atom stereocenters. The molecule has 2 aromatic carbocycles. The van der Waals surface area contributed by atoms with E-state index in [4.69, 9.17) is 9.47 Å². The first-order valence-electron chi connectivity index (χ1n) is 16.3. The summed E-state index contributed by atoms with van der Waals surface area (Å²) in [5.41, 5.74) is -1.24. The number of Topliss-reactive ketones (excluding diaryl/α,β-unsaturated/α-hetero) is 1. The van der Waals surface area contributed by atoms with Crippen molar-refractivity contribution >= 4 is 33.4 Å². The molecule has 0 amide bonds. The van der Waals surface area contributed by atoms with Crippen LogP contribution in [0.5, 0.6) is 0 Å². The van der Waals surface area contributed by atoms with Crippen molar-refractivity contribution in [3.8, 4) is 0 Å². The van der Waals surface area contributed by atoms with E-state index in [2.05, 4.69) is 20.8 Å². The van der Waals surface area contributed by atoms with Crippen LogP contribution in [0, 0.1) is 30.6 Å². The van der Waals surface area contributed by atoms with Crippen molar-refractivity contribution in [2.45, 2.75) is 115 Å². The molecule has 0 aromatic heterocycles. The summed E-state index contributed by atoms with van der Waals surface area (Å²) >= 11 is 0.